The van der Waals surface area contributed by atoms with Crippen molar-refractivity contribution in [2.75, 3.05) is 24.2 Å². The fourth-order valence-corrected chi connectivity index (χ4v) is 2.43. The predicted molar refractivity (Wildman–Crippen MR) is 96.3 cm³/mol. The van der Waals surface area contributed by atoms with E-state index >= 15 is 0 Å². The van der Waals surface area contributed by atoms with E-state index in [0.29, 0.717) is 10.6 Å². The Labute approximate surface area is 159 Å². The molecular weight excluding hydrogens is 378 g/mol. The highest BCUT2D eigenvalue weighted by Gasteiger charge is 2.31. The molecule has 150 valence electrons. The van der Waals surface area contributed by atoms with Gasteiger partial charge in [0.1, 0.15) is 5.82 Å². The lowest BCUT2D eigenvalue weighted by atomic mass is 10.2. The summed E-state index contributed by atoms with van der Waals surface area (Å²) in [6, 6.07) is 8.98. The Hall–Kier alpha value is -2.94. The van der Waals surface area contributed by atoms with Gasteiger partial charge in [0.2, 0.25) is 0 Å². The Balaban J connectivity index is 1.94. The minimum atomic E-state index is -4.51. The number of benzene rings is 2. The van der Waals surface area contributed by atoms with E-state index in [4.69, 9.17) is 0 Å². The lowest BCUT2D eigenvalue weighted by Gasteiger charge is -2.21. The minimum absolute atomic E-state index is 0.0173. The van der Waals surface area contributed by atoms with Crippen LogP contribution in [0.15, 0.2) is 48.5 Å². The van der Waals surface area contributed by atoms with E-state index in [1.165, 1.54) is 30.3 Å². The minimum Gasteiger partial charge on any atom is -0.321 e. The van der Waals surface area contributed by atoms with Crippen molar-refractivity contribution in [1.82, 2.24) is 0 Å². The summed E-state index contributed by atoms with van der Waals surface area (Å²) in [4.78, 5) is 24.9. The number of amides is 2. The summed E-state index contributed by atoms with van der Waals surface area (Å²) in [5.41, 5.74) is -0.560. The molecule has 2 aromatic rings. The van der Waals surface area contributed by atoms with Crippen LogP contribution >= 0.6 is 0 Å². The molecule has 9 heteroatoms. The van der Waals surface area contributed by atoms with Gasteiger partial charge in [-0.3, -0.25) is 9.59 Å². The van der Waals surface area contributed by atoms with Gasteiger partial charge in [-0.05, 0) is 43.3 Å². The number of alkyl halides is 3. The first-order chi connectivity index (χ1) is 13.1. The number of anilines is 2. The number of quaternary nitrogens is 1. The highest BCUT2D eigenvalue weighted by Crippen LogP contribution is 2.30. The van der Waals surface area contributed by atoms with Crippen LogP contribution in [0.5, 0.6) is 0 Å². The fourth-order valence-electron chi connectivity index (χ4n) is 2.43. The summed E-state index contributed by atoms with van der Waals surface area (Å²) in [6.45, 7) is 1.46. The topological polar surface area (TPSA) is 62.6 Å². The Morgan fingerprint density at radius 1 is 1.04 bits per heavy atom. The molecule has 0 aliphatic carbocycles. The zero-order chi connectivity index (χ0) is 20.9. The normalized spacial score (nSPS) is 13.5. The van der Waals surface area contributed by atoms with Gasteiger partial charge in [0.15, 0.2) is 12.6 Å². The number of hydrogen-bond donors (Lipinski definition) is 3. The quantitative estimate of drug-likeness (QED) is 0.654. The molecule has 0 bridgehead atoms. The molecule has 28 heavy (non-hydrogen) atoms. The molecule has 0 aliphatic heterocycles. The van der Waals surface area contributed by atoms with Crippen LogP contribution in [0.4, 0.5) is 28.9 Å². The van der Waals surface area contributed by atoms with Crippen molar-refractivity contribution in [2.45, 2.75) is 19.1 Å². The van der Waals surface area contributed by atoms with E-state index in [2.05, 4.69) is 10.6 Å². The van der Waals surface area contributed by atoms with Crippen LogP contribution in [0.3, 0.4) is 0 Å². The van der Waals surface area contributed by atoms with Crippen molar-refractivity contribution < 1.29 is 32.1 Å². The van der Waals surface area contributed by atoms with E-state index in [1.54, 1.807) is 14.0 Å². The number of likely N-dealkylation sites (N-methyl/N-ethyl adjacent to an activating group) is 1. The molecule has 0 heterocycles. The Bertz CT molecular complexity index is 855. The van der Waals surface area contributed by atoms with Crippen molar-refractivity contribution in [3.63, 3.8) is 0 Å². The summed E-state index contributed by atoms with van der Waals surface area (Å²) in [5.74, 6) is -1.45. The van der Waals surface area contributed by atoms with Gasteiger partial charge < -0.3 is 15.5 Å². The van der Waals surface area contributed by atoms with Crippen LogP contribution in [0.1, 0.15) is 12.5 Å². The lowest BCUT2D eigenvalue weighted by Crippen LogP contribution is -3.14. The molecule has 2 atom stereocenters. The molecule has 0 aromatic heterocycles. The average molecular weight is 398 g/mol. The summed E-state index contributed by atoms with van der Waals surface area (Å²) in [7, 11) is 1.60. The third-order valence-electron chi connectivity index (χ3n) is 4.14. The van der Waals surface area contributed by atoms with Crippen molar-refractivity contribution in [3.8, 4) is 0 Å². The molecule has 3 N–H and O–H groups in total. The number of rotatable bonds is 6. The summed E-state index contributed by atoms with van der Waals surface area (Å²) >= 11 is 0. The maximum Gasteiger partial charge on any atom is 0.416 e. The SMILES string of the molecule is C[C@@H](C(=O)Nc1cccc(C(F)(F)F)c1)[NH+](C)CC(=O)Nc1cccc(F)c1. The first-order valence-corrected chi connectivity index (χ1v) is 8.42. The van der Waals surface area contributed by atoms with Crippen LogP contribution in [-0.4, -0.2) is 31.4 Å². The van der Waals surface area contributed by atoms with Gasteiger partial charge in [0, 0.05) is 11.4 Å². The van der Waals surface area contributed by atoms with E-state index in [9.17, 15) is 27.2 Å². The molecule has 0 aliphatic rings. The van der Waals surface area contributed by atoms with Crippen molar-refractivity contribution in [3.05, 3.63) is 59.9 Å². The Morgan fingerprint density at radius 3 is 2.25 bits per heavy atom. The summed E-state index contributed by atoms with van der Waals surface area (Å²) < 4.78 is 51.4. The first-order valence-electron chi connectivity index (χ1n) is 8.42. The maximum atomic E-state index is 13.1. The van der Waals surface area contributed by atoms with E-state index in [-0.39, 0.29) is 12.2 Å². The summed E-state index contributed by atoms with van der Waals surface area (Å²) in [6.07, 6.45) is -4.51. The number of carbonyl (C=O) groups is 2. The first kappa shape index (κ1) is 21.4. The molecule has 0 radical (unpaired) electrons. The lowest BCUT2D eigenvalue weighted by molar-refractivity contribution is -0.885. The van der Waals surface area contributed by atoms with Crippen molar-refractivity contribution >= 4 is 23.2 Å². The highest BCUT2D eigenvalue weighted by molar-refractivity contribution is 5.94. The molecular formula is C19H20F4N3O2+. The maximum absolute atomic E-state index is 13.1. The van der Waals surface area contributed by atoms with Gasteiger partial charge in [-0.2, -0.15) is 13.2 Å². The highest BCUT2D eigenvalue weighted by atomic mass is 19.4. The largest absolute Gasteiger partial charge is 0.416 e. The molecule has 1 unspecified atom stereocenters. The molecule has 0 saturated heterocycles. The van der Waals surface area contributed by atoms with Crippen LogP contribution in [0.2, 0.25) is 0 Å². The van der Waals surface area contributed by atoms with Crippen LogP contribution in [0.25, 0.3) is 0 Å². The third-order valence-corrected chi connectivity index (χ3v) is 4.14. The molecule has 0 spiro atoms. The van der Waals surface area contributed by atoms with Crippen LogP contribution in [0, 0.1) is 5.82 Å². The predicted octanol–water partition coefficient (Wildman–Crippen LogP) is 2.32. The van der Waals surface area contributed by atoms with E-state index < -0.39 is 35.4 Å². The average Bonchev–Trinajstić information content (AvgIpc) is 2.60. The number of nitrogens with one attached hydrogen (secondary N) is 3. The van der Waals surface area contributed by atoms with Crippen molar-refractivity contribution in [2.24, 2.45) is 0 Å². The van der Waals surface area contributed by atoms with Crippen molar-refractivity contribution in [1.29, 1.82) is 0 Å². The molecule has 2 rings (SSSR count). The number of hydrogen-bond acceptors (Lipinski definition) is 2. The van der Waals surface area contributed by atoms with E-state index in [0.717, 1.165) is 18.2 Å². The van der Waals surface area contributed by atoms with Crippen LogP contribution in [-0.2, 0) is 15.8 Å². The van der Waals surface area contributed by atoms with E-state index in [1.807, 2.05) is 0 Å². The fraction of sp³-hybridized carbons (Fsp3) is 0.263. The second-order valence-corrected chi connectivity index (χ2v) is 6.37. The molecule has 0 saturated carbocycles. The van der Waals surface area contributed by atoms with Gasteiger partial charge in [0.05, 0.1) is 12.6 Å². The summed E-state index contributed by atoms with van der Waals surface area (Å²) in [5, 5.41) is 4.95. The number of carbonyl (C=O) groups excluding carboxylic acids is 2. The Kier molecular flexibility index (Phi) is 6.74. The van der Waals surface area contributed by atoms with Gasteiger partial charge in [0.25, 0.3) is 11.8 Å². The Morgan fingerprint density at radius 2 is 1.64 bits per heavy atom. The van der Waals surface area contributed by atoms with Gasteiger partial charge in [-0.1, -0.05) is 12.1 Å². The molecule has 0 fully saturated rings. The van der Waals surface area contributed by atoms with Gasteiger partial charge in [-0.15, -0.1) is 0 Å². The van der Waals surface area contributed by atoms with Crippen LogP contribution < -0.4 is 15.5 Å². The number of halogens is 4. The molecule has 5 nitrogen and oxygen atoms in total. The second kappa shape index (κ2) is 8.83. The van der Waals surface area contributed by atoms with Gasteiger partial charge in [-0.25, -0.2) is 4.39 Å². The van der Waals surface area contributed by atoms with Gasteiger partial charge >= 0.3 is 6.18 Å². The monoisotopic (exact) mass is 398 g/mol. The third kappa shape index (κ3) is 6.05. The zero-order valence-electron chi connectivity index (χ0n) is 15.2. The molecule has 2 amide bonds. The molecule has 2 aromatic carbocycles. The standard InChI is InChI=1S/C19H19F4N3O2/c1-12(18(28)25-15-7-3-5-13(9-15)19(21,22)23)26(2)11-17(27)24-16-8-4-6-14(20)10-16/h3-10,12H,11H2,1-2H3,(H,24,27)(H,25,28)/p+1/t12-/m0/s1. The smallest absolute Gasteiger partial charge is 0.321 e. The zero-order valence-corrected chi connectivity index (χ0v) is 15.2. The second-order valence-electron chi connectivity index (χ2n) is 6.37.